The Bertz CT molecular complexity index is 970. The van der Waals surface area contributed by atoms with Gasteiger partial charge in [0.2, 0.25) is 0 Å². The van der Waals surface area contributed by atoms with E-state index in [9.17, 15) is 4.79 Å². The zero-order valence-corrected chi connectivity index (χ0v) is 13.1. The number of rotatable bonds is 1. The van der Waals surface area contributed by atoms with Crippen LogP contribution in [0.4, 0.5) is 4.79 Å². The van der Waals surface area contributed by atoms with Gasteiger partial charge in [-0.3, -0.25) is 9.67 Å². The second-order valence-corrected chi connectivity index (χ2v) is 6.78. The molecule has 0 atom stereocenters. The zero-order valence-electron chi connectivity index (χ0n) is 13.1. The molecule has 1 aromatic carbocycles. The van der Waals surface area contributed by atoms with E-state index in [0.717, 1.165) is 35.1 Å². The largest absolute Gasteiger partial charge is 0.351 e. The van der Waals surface area contributed by atoms with Gasteiger partial charge < -0.3 is 10.6 Å². The molecule has 1 spiro atoms. The van der Waals surface area contributed by atoms with Gasteiger partial charge in [-0.1, -0.05) is 18.2 Å². The lowest BCUT2D eigenvalue weighted by Crippen LogP contribution is -2.61. The van der Waals surface area contributed by atoms with Gasteiger partial charge in [0.1, 0.15) is 0 Å². The van der Waals surface area contributed by atoms with Crippen LogP contribution in [0.15, 0.2) is 42.6 Å². The van der Waals surface area contributed by atoms with E-state index in [0.29, 0.717) is 13.1 Å². The zero-order chi connectivity index (χ0) is 16.3. The molecule has 120 valence electrons. The third-order valence-electron chi connectivity index (χ3n) is 5.31. The van der Waals surface area contributed by atoms with Crippen LogP contribution in [-0.2, 0) is 12.0 Å². The average Bonchev–Trinajstić information content (AvgIpc) is 3.11. The average molecular weight is 319 g/mol. The molecule has 24 heavy (non-hydrogen) atoms. The molecule has 2 aliphatic rings. The van der Waals surface area contributed by atoms with Crippen LogP contribution in [0.1, 0.15) is 12.1 Å². The molecule has 1 saturated heterocycles. The number of aryl methyl sites for hydroxylation is 1. The fourth-order valence-electron chi connectivity index (χ4n) is 3.97. The highest BCUT2D eigenvalue weighted by molar-refractivity contribution is 5.82. The highest BCUT2D eigenvalue weighted by Crippen LogP contribution is 2.43. The number of aromatic nitrogens is 3. The minimum Gasteiger partial charge on any atom is -0.351 e. The van der Waals surface area contributed by atoms with Crippen molar-refractivity contribution >= 4 is 16.9 Å². The van der Waals surface area contributed by atoms with E-state index >= 15 is 0 Å². The van der Waals surface area contributed by atoms with Crippen LogP contribution in [0.3, 0.4) is 0 Å². The molecule has 2 N–H and O–H groups in total. The number of para-hydroxylation sites is 1. The van der Waals surface area contributed by atoms with Crippen molar-refractivity contribution in [3.63, 3.8) is 0 Å². The predicted octanol–water partition coefficient (Wildman–Crippen LogP) is 2.13. The third-order valence-corrected chi connectivity index (χ3v) is 5.31. The number of hydrogen-bond donors (Lipinski definition) is 1. The van der Waals surface area contributed by atoms with E-state index < -0.39 is 0 Å². The summed E-state index contributed by atoms with van der Waals surface area (Å²) in [7, 11) is 0. The molecule has 2 aliphatic heterocycles. The number of amides is 2. The quantitative estimate of drug-likeness (QED) is 0.746. The molecular formula is C18H17N5O. The monoisotopic (exact) mass is 319 g/mol. The topological polar surface area (TPSA) is 77.0 Å². The van der Waals surface area contributed by atoms with Crippen molar-refractivity contribution in [2.45, 2.75) is 18.4 Å². The van der Waals surface area contributed by atoms with Gasteiger partial charge in [-0.25, -0.2) is 4.79 Å². The first-order valence-electron chi connectivity index (χ1n) is 8.13. The highest BCUT2D eigenvalue weighted by atomic mass is 16.2. The summed E-state index contributed by atoms with van der Waals surface area (Å²) in [5, 5.41) is 5.87. The summed E-state index contributed by atoms with van der Waals surface area (Å²) in [6.07, 6.45) is 2.90. The van der Waals surface area contributed by atoms with Crippen LogP contribution >= 0.6 is 0 Å². The minimum atomic E-state index is -0.336. The van der Waals surface area contributed by atoms with Crippen molar-refractivity contribution in [1.82, 2.24) is 19.7 Å². The van der Waals surface area contributed by atoms with Crippen LogP contribution in [-0.4, -0.2) is 38.8 Å². The van der Waals surface area contributed by atoms with Gasteiger partial charge in [-0.15, -0.1) is 0 Å². The fraction of sp³-hybridized carbons (Fsp3) is 0.278. The normalized spacial score (nSPS) is 17.9. The van der Waals surface area contributed by atoms with Crippen LogP contribution < -0.4 is 5.73 Å². The first kappa shape index (κ1) is 13.5. The number of fused-ring (bicyclic) bond motifs is 3. The maximum absolute atomic E-state index is 11.3. The molecule has 2 amide bonds. The fourth-order valence-corrected chi connectivity index (χ4v) is 3.97. The second-order valence-electron chi connectivity index (χ2n) is 6.78. The summed E-state index contributed by atoms with van der Waals surface area (Å²) >= 11 is 0. The summed E-state index contributed by atoms with van der Waals surface area (Å²) in [5.74, 6) is 0. The maximum Gasteiger partial charge on any atom is 0.314 e. The molecule has 6 nitrogen and oxygen atoms in total. The number of urea groups is 1. The van der Waals surface area contributed by atoms with Crippen LogP contribution in [0.5, 0.6) is 0 Å². The van der Waals surface area contributed by atoms with Crippen molar-refractivity contribution in [3.05, 3.63) is 48.3 Å². The number of carbonyl (C=O) groups excluding carboxylic acids is 1. The Morgan fingerprint density at radius 2 is 2.04 bits per heavy atom. The van der Waals surface area contributed by atoms with Gasteiger partial charge in [-0.05, 0) is 24.6 Å². The van der Waals surface area contributed by atoms with Gasteiger partial charge in [0.25, 0.3) is 0 Å². The molecule has 0 radical (unpaired) electrons. The number of hydrogen-bond acceptors (Lipinski definition) is 3. The molecule has 2 aromatic heterocycles. The van der Waals surface area contributed by atoms with E-state index in [4.69, 9.17) is 10.8 Å². The Morgan fingerprint density at radius 1 is 1.21 bits per heavy atom. The van der Waals surface area contributed by atoms with E-state index in [1.165, 1.54) is 5.69 Å². The summed E-state index contributed by atoms with van der Waals surface area (Å²) in [6, 6.07) is 12.0. The Balaban J connectivity index is 1.52. The molecule has 0 bridgehead atoms. The highest BCUT2D eigenvalue weighted by Gasteiger charge is 2.50. The van der Waals surface area contributed by atoms with Gasteiger partial charge >= 0.3 is 6.03 Å². The Hall–Kier alpha value is -2.89. The molecule has 0 saturated carbocycles. The summed E-state index contributed by atoms with van der Waals surface area (Å²) in [6.45, 7) is 2.29. The predicted molar refractivity (Wildman–Crippen MR) is 90.4 cm³/mol. The molecule has 3 aromatic rings. The lowest BCUT2D eigenvalue weighted by Gasteiger charge is -2.46. The van der Waals surface area contributed by atoms with E-state index in [1.807, 2.05) is 24.4 Å². The van der Waals surface area contributed by atoms with E-state index in [1.54, 1.807) is 4.90 Å². The van der Waals surface area contributed by atoms with Crippen LogP contribution in [0, 0.1) is 0 Å². The lowest BCUT2D eigenvalue weighted by molar-refractivity contribution is 0.0980. The summed E-state index contributed by atoms with van der Waals surface area (Å²) in [5.41, 5.74) is 9.57. The number of nitrogens with zero attached hydrogens (tertiary/aromatic N) is 4. The van der Waals surface area contributed by atoms with Crippen molar-refractivity contribution in [1.29, 1.82) is 0 Å². The molecular weight excluding hydrogens is 302 g/mol. The van der Waals surface area contributed by atoms with Crippen LogP contribution in [0.25, 0.3) is 22.2 Å². The van der Waals surface area contributed by atoms with Gasteiger partial charge in [-0.2, -0.15) is 5.10 Å². The van der Waals surface area contributed by atoms with Crippen molar-refractivity contribution in [2.24, 2.45) is 5.73 Å². The van der Waals surface area contributed by atoms with Gasteiger partial charge in [0.05, 0.1) is 11.2 Å². The number of benzene rings is 1. The van der Waals surface area contributed by atoms with Crippen molar-refractivity contribution in [2.75, 3.05) is 13.1 Å². The SMILES string of the molecule is NC(=O)N1CC2(CCn3nc(-c4cnc5ccccc5c4)cc32)C1. The number of pyridine rings is 1. The maximum atomic E-state index is 11.3. The van der Waals surface area contributed by atoms with E-state index in [2.05, 4.69) is 27.9 Å². The minimum absolute atomic E-state index is 0.0323. The van der Waals surface area contributed by atoms with Crippen molar-refractivity contribution in [3.8, 4) is 11.3 Å². The smallest absolute Gasteiger partial charge is 0.314 e. The molecule has 0 unspecified atom stereocenters. The number of primary amides is 1. The van der Waals surface area contributed by atoms with Gasteiger partial charge in [0.15, 0.2) is 0 Å². The number of carbonyl (C=O) groups is 1. The van der Waals surface area contributed by atoms with E-state index in [-0.39, 0.29) is 11.4 Å². The summed E-state index contributed by atoms with van der Waals surface area (Å²) in [4.78, 5) is 17.5. The molecule has 1 fully saturated rings. The Morgan fingerprint density at radius 3 is 2.88 bits per heavy atom. The van der Waals surface area contributed by atoms with Gasteiger partial charge in [0, 0.05) is 47.9 Å². The Kier molecular flexibility index (Phi) is 2.58. The first-order valence-corrected chi connectivity index (χ1v) is 8.13. The molecule has 4 heterocycles. The Labute approximate surface area is 138 Å². The second kappa shape index (κ2) is 4.56. The molecule has 6 heteroatoms. The number of likely N-dealkylation sites (tertiary alicyclic amines) is 1. The van der Waals surface area contributed by atoms with Crippen molar-refractivity contribution < 1.29 is 4.79 Å². The lowest BCUT2D eigenvalue weighted by atomic mass is 9.76. The molecule has 5 rings (SSSR count). The number of nitrogens with two attached hydrogens (primary N) is 1. The molecule has 0 aliphatic carbocycles. The van der Waals surface area contributed by atoms with Crippen LogP contribution in [0.2, 0.25) is 0 Å². The third kappa shape index (κ3) is 1.79. The first-order chi connectivity index (χ1) is 11.6. The summed E-state index contributed by atoms with van der Waals surface area (Å²) < 4.78 is 2.07. The standard InChI is InChI=1S/C18H17N5O/c19-17(24)22-10-18(11-22)5-6-23-16(18)8-15(21-23)13-7-12-3-1-2-4-14(12)20-9-13/h1-4,7-9H,5-6,10-11H2,(H2,19,24).